The van der Waals surface area contributed by atoms with Crippen molar-refractivity contribution in [2.75, 3.05) is 7.05 Å². The lowest BCUT2D eigenvalue weighted by molar-refractivity contribution is -0.132. The lowest BCUT2D eigenvalue weighted by Gasteiger charge is -2.23. The van der Waals surface area contributed by atoms with Crippen molar-refractivity contribution in [1.29, 1.82) is 0 Å². The van der Waals surface area contributed by atoms with E-state index in [-0.39, 0.29) is 5.91 Å². The number of amides is 1. The van der Waals surface area contributed by atoms with E-state index in [2.05, 4.69) is 0 Å². The number of carbonyl (C=O) groups is 1. The summed E-state index contributed by atoms with van der Waals surface area (Å²) in [6.07, 6.45) is 0.673. The highest BCUT2D eigenvalue weighted by atomic mass is 35.5. The van der Waals surface area contributed by atoms with Crippen molar-refractivity contribution >= 4 is 29.1 Å². The highest BCUT2D eigenvalue weighted by molar-refractivity contribution is 6.42. The summed E-state index contributed by atoms with van der Waals surface area (Å²) >= 11 is 12.1. The van der Waals surface area contributed by atoms with E-state index in [4.69, 9.17) is 28.9 Å². The average Bonchev–Trinajstić information content (AvgIpc) is 2.33. The standard InChI is InChI=1S/C14H20Cl2N2O/c1-9(2)7-12(17)14(19)18(3)8-10-5-4-6-11(15)13(10)16/h4-6,9,12H,7-8,17H2,1-3H3/t12-/m0/s1. The van der Waals surface area contributed by atoms with Crippen molar-refractivity contribution in [2.45, 2.75) is 32.9 Å². The van der Waals surface area contributed by atoms with Crippen molar-refractivity contribution in [1.82, 2.24) is 4.90 Å². The molecule has 1 aromatic rings. The van der Waals surface area contributed by atoms with E-state index in [0.29, 0.717) is 28.9 Å². The van der Waals surface area contributed by atoms with Gasteiger partial charge in [0.25, 0.3) is 0 Å². The maximum atomic E-state index is 12.1. The summed E-state index contributed by atoms with van der Waals surface area (Å²) in [7, 11) is 1.72. The zero-order chi connectivity index (χ0) is 14.6. The van der Waals surface area contributed by atoms with Crippen molar-refractivity contribution < 1.29 is 4.79 Å². The molecule has 0 saturated heterocycles. The summed E-state index contributed by atoms with van der Waals surface area (Å²) in [5.74, 6) is 0.312. The van der Waals surface area contributed by atoms with Gasteiger partial charge in [0.05, 0.1) is 16.1 Å². The van der Waals surface area contributed by atoms with Crippen molar-refractivity contribution in [2.24, 2.45) is 11.7 Å². The van der Waals surface area contributed by atoms with Gasteiger partial charge >= 0.3 is 0 Å². The molecule has 0 bridgehead atoms. The third-order valence-corrected chi connectivity index (χ3v) is 3.72. The molecule has 0 aliphatic rings. The molecule has 1 atom stereocenters. The van der Waals surface area contributed by atoms with Gasteiger partial charge in [0.2, 0.25) is 5.91 Å². The Morgan fingerprint density at radius 3 is 2.58 bits per heavy atom. The summed E-state index contributed by atoms with van der Waals surface area (Å²) in [6.45, 7) is 4.49. The predicted molar refractivity (Wildman–Crippen MR) is 80.4 cm³/mol. The molecule has 0 fully saturated rings. The van der Waals surface area contributed by atoms with Gasteiger partial charge in [-0.2, -0.15) is 0 Å². The van der Waals surface area contributed by atoms with Crippen LogP contribution in [0, 0.1) is 5.92 Å². The minimum absolute atomic E-state index is 0.0789. The fourth-order valence-electron chi connectivity index (χ4n) is 1.90. The van der Waals surface area contributed by atoms with Crippen LogP contribution >= 0.6 is 23.2 Å². The summed E-state index contributed by atoms with van der Waals surface area (Å²) in [5.41, 5.74) is 6.71. The number of likely N-dealkylation sites (N-methyl/N-ethyl adjacent to an activating group) is 1. The van der Waals surface area contributed by atoms with Crippen molar-refractivity contribution in [3.63, 3.8) is 0 Å². The second-order valence-electron chi connectivity index (χ2n) is 5.14. The van der Waals surface area contributed by atoms with E-state index >= 15 is 0 Å². The lowest BCUT2D eigenvalue weighted by Crippen LogP contribution is -2.42. The van der Waals surface area contributed by atoms with Crippen molar-refractivity contribution in [3.8, 4) is 0 Å². The van der Waals surface area contributed by atoms with Crippen LogP contribution in [0.1, 0.15) is 25.8 Å². The Balaban J connectivity index is 2.71. The largest absolute Gasteiger partial charge is 0.340 e. The van der Waals surface area contributed by atoms with Gasteiger partial charge in [-0.25, -0.2) is 0 Å². The fourth-order valence-corrected chi connectivity index (χ4v) is 2.28. The van der Waals surface area contributed by atoms with Gasteiger partial charge < -0.3 is 10.6 Å². The van der Waals surface area contributed by atoms with Crippen LogP contribution in [0.15, 0.2) is 18.2 Å². The van der Waals surface area contributed by atoms with E-state index in [1.165, 1.54) is 0 Å². The van der Waals surface area contributed by atoms with Crippen LogP contribution in [-0.2, 0) is 11.3 Å². The normalized spacial score (nSPS) is 12.6. The van der Waals surface area contributed by atoms with Gasteiger partial charge in [-0.3, -0.25) is 4.79 Å². The number of hydrogen-bond donors (Lipinski definition) is 1. The molecule has 0 aromatic heterocycles. The van der Waals surface area contributed by atoms with Gasteiger partial charge in [-0.1, -0.05) is 49.2 Å². The van der Waals surface area contributed by atoms with Gasteiger partial charge in [-0.15, -0.1) is 0 Å². The summed E-state index contributed by atoms with van der Waals surface area (Å²) in [6, 6.07) is 4.92. The molecule has 0 heterocycles. The van der Waals surface area contributed by atoms with Crippen LogP contribution in [0.4, 0.5) is 0 Å². The molecule has 5 heteroatoms. The Hall–Kier alpha value is -0.770. The number of rotatable bonds is 5. The van der Waals surface area contributed by atoms with Crippen LogP contribution in [0.5, 0.6) is 0 Å². The first-order valence-corrected chi connectivity index (χ1v) is 7.02. The maximum Gasteiger partial charge on any atom is 0.239 e. The number of carbonyl (C=O) groups excluding carboxylic acids is 1. The number of hydrogen-bond acceptors (Lipinski definition) is 2. The summed E-state index contributed by atoms with van der Waals surface area (Å²) in [4.78, 5) is 13.7. The van der Waals surface area contributed by atoms with Gasteiger partial charge in [-0.05, 0) is 24.0 Å². The molecular weight excluding hydrogens is 283 g/mol. The monoisotopic (exact) mass is 302 g/mol. The molecule has 1 amide bonds. The van der Waals surface area contributed by atoms with E-state index < -0.39 is 6.04 Å². The van der Waals surface area contributed by atoms with Gasteiger partial charge in [0, 0.05) is 13.6 Å². The SMILES string of the molecule is CC(C)C[C@H](N)C(=O)N(C)Cc1cccc(Cl)c1Cl. The molecule has 1 aromatic carbocycles. The quantitative estimate of drug-likeness (QED) is 0.907. The average molecular weight is 303 g/mol. The molecule has 3 nitrogen and oxygen atoms in total. The van der Waals surface area contributed by atoms with Gasteiger partial charge in [0.15, 0.2) is 0 Å². The highest BCUT2D eigenvalue weighted by Gasteiger charge is 2.20. The molecule has 2 N–H and O–H groups in total. The molecule has 106 valence electrons. The second kappa shape index (κ2) is 7.13. The number of nitrogens with zero attached hydrogens (tertiary/aromatic N) is 1. The maximum absolute atomic E-state index is 12.1. The Labute approximate surface area is 124 Å². The third kappa shape index (κ3) is 4.68. The second-order valence-corrected chi connectivity index (χ2v) is 5.93. The predicted octanol–water partition coefficient (Wildman–Crippen LogP) is 3.33. The molecule has 1 rings (SSSR count). The third-order valence-electron chi connectivity index (χ3n) is 2.86. The van der Waals surface area contributed by atoms with Crippen LogP contribution in [0.3, 0.4) is 0 Å². The fraction of sp³-hybridized carbons (Fsp3) is 0.500. The molecule has 0 spiro atoms. The molecular formula is C14H20Cl2N2O. The molecule has 0 aliphatic carbocycles. The van der Waals surface area contributed by atoms with Crippen LogP contribution in [0.25, 0.3) is 0 Å². The Morgan fingerprint density at radius 2 is 2.00 bits per heavy atom. The van der Waals surface area contributed by atoms with E-state index in [1.807, 2.05) is 26.0 Å². The number of halogens is 2. The smallest absolute Gasteiger partial charge is 0.239 e. The van der Waals surface area contributed by atoms with Crippen LogP contribution < -0.4 is 5.73 Å². The van der Waals surface area contributed by atoms with Crippen LogP contribution in [0.2, 0.25) is 10.0 Å². The number of nitrogens with two attached hydrogens (primary N) is 1. The first-order valence-electron chi connectivity index (χ1n) is 6.26. The topological polar surface area (TPSA) is 46.3 Å². The van der Waals surface area contributed by atoms with Crippen LogP contribution in [-0.4, -0.2) is 23.9 Å². The van der Waals surface area contributed by atoms with E-state index in [1.54, 1.807) is 18.0 Å². The first-order chi connectivity index (χ1) is 8.82. The molecule has 0 unspecified atom stereocenters. The zero-order valence-electron chi connectivity index (χ0n) is 11.5. The minimum atomic E-state index is -0.469. The molecule has 0 saturated carbocycles. The molecule has 19 heavy (non-hydrogen) atoms. The minimum Gasteiger partial charge on any atom is -0.340 e. The zero-order valence-corrected chi connectivity index (χ0v) is 13.0. The van der Waals surface area contributed by atoms with Gasteiger partial charge in [0.1, 0.15) is 0 Å². The Morgan fingerprint density at radius 1 is 1.37 bits per heavy atom. The summed E-state index contributed by atoms with van der Waals surface area (Å²) < 4.78 is 0. The highest BCUT2D eigenvalue weighted by Crippen LogP contribution is 2.26. The Bertz CT molecular complexity index is 449. The molecule has 0 radical (unpaired) electrons. The summed E-state index contributed by atoms with van der Waals surface area (Å²) in [5, 5.41) is 0.979. The van der Waals surface area contributed by atoms with Crippen molar-refractivity contribution in [3.05, 3.63) is 33.8 Å². The lowest BCUT2D eigenvalue weighted by atomic mass is 10.0. The van der Waals surface area contributed by atoms with E-state index in [0.717, 1.165) is 5.56 Å². The number of benzene rings is 1. The first kappa shape index (κ1) is 16.3. The van der Waals surface area contributed by atoms with E-state index in [9.17, 15) is 4.79 Å². The molecule has 0 aliphatic heterocycles. The Kier molecular flexibility index (Phi) is 6.11.